The first-order chi connectivity index (χ1) is 11.2. The summed E-state index contributed by atoms with van der Waals surface area (Å²) in [6.07, 6.45) is 1.76. The monoisotopic (exact) mass is 318 g/mol. The fraction of sp³-hybridized carbons (Fsp3) is 0.471. The normalized spacial score (nSPS) is 17.5. The molecule has 1 unspecified atom stereocenters. The molecule has 0 aromatic heterocycles. The highest BCUT2D eigenvalue weighted by Gasteiger charge is 2.22. The Balaban J connectivity index is 2.11. The van der Waals surface area contributed by atoms with Crippen molar-refractivity contribution in [3.8, 4) is 5.75 Å². The summed E-state index contributed by atoms with van der Waals surface area (Å²) in [6.45, 7) is 8.16. The quantitative estimate of drug-likeness (QED) is 0.448. The summed E-state index contributed by atoms with van der Waals surface area (Å²) in [4.78, 5) is 6.86. The Morgan fingerprint density at radius 3 is 2.74 bits per heavy atom. The number of guanidine groups is 1. The molecule has 0 spiro atoms. The van der Waals surface area contributed by atoms with E-state index < -0.39 is 0 Å². The predicted octanol–water partition coefficient (Wildman–Crippen LogP) is 1.16. The highest BCUT2D eigenvalue weighted by Crippen LogP contribution is 2.24. The van der Waals surface area contributed by atoms with E-state index in [9.17, 15) is 0 Å². The van der Waals surface area contributed by atoms with E-state index in [1.165, 1.54) is 5.56 Å². The molecule has 1 aromatic rings. The van der Waals surface area contributed by atoms with Crippen molar-refractivity contribution in [1.29, 1.82) is 0 Å². The molecule has 3 N–H and O–H groups in total. The Bertz CT molecular complexity index is 510. The predicted molar refractivity (Wildman–Crippen MR) is 92.8 cm³/mol. The van der Waals surface area contributed by atoms with E-state index in [2.05, 4.69) is 33.9 Å². The Kier molecular flexibility index (Phi) is 6.90. The van der Waals surface area contributed by atoms with Crippen molar-refractivity contribution in [2.24, 2.45) is 10.7 Å². The third kappa shape index (κ3) is 5.26. The first-order valence-corrected chi connectivity index (χ1v) is 7.85. The zero-order valence-electron chi connectivity index (χ0n) is 13.7. The number of nitrogens with two attached hydrogens (primary N) is 1. The summed E-state index contributed by atoms with van der Waals surface area (Å²) in [5, 5.41) is 3.01. The van der Waals surface area contributed by atoms with E-state index in [1.807, 2.05) is 12.1 Å². The Labute approximate surface area is 138 Å². The number of nitrogens with one attached hydrogen (secondary N) is 1. The van der Waals surface area contributed by atoms with Crippen LogP contribution in [0.3, 0.4) is 0 Å². The van der Waals surface area contributed by atoms with Crippen LogP contribution in [0, 0.1) is 0 Å². The number of aliphatic imine (C=N–C) groups is 1. The zero-order valence-corrected chi connectivity index (χ0v) is 13.7. The second-order valence-electron chi connectivity index (χ2n) is 5.33. The van der Waals surface area contributed by atoms with Crippen molar-refractivity contribution in [3.63, 3.8) is 0 Å². The van der Waals surface area contributed by atoms with Crippen molar-refractivity contribution in [3.05, 3.63) is 42.5 Å². The molecule has 1 saturated heterocycles. The van der Waals surface area contributed by atoms with Gasteiger partial charge in [-0.1, -0.05) is 18.2 Å². The van der Waals surface area contributed by atoms with Crippen LogP contribution in [0.2, 0.25) is 0 Å². The van der Waals surface area contributed by atoms with E-state index in [0.717, 1.165) is 32.1 Å². The minimum atomic E-state index is 0.175. The van der Waals surface area contributed by atoms with Crippen LogP contribution in [0.15, 0.2) is 41.9 Å². The molecule has 23 heavy (non-hydrogen) atoms. The van der Waals surface area contributed by atoms with Gasteiger partial charge < -0.3 is 20.5 Å². The molecular formula is C17H26N4O2. The number of morpholine rings is 1. The lowest BCUT2D eigenvalue weighted by atomic mass is 10.0. The summed E-state index contributed by atoms with van der Waals surface area (Å²) < 4.78 is 10.7. The second kappa shape index (κ2) is 9.17. The molecule has 1 fully saturated rings. The van der Waals surface area contributed by atoms with E-state index in [1.54, 1.807) is 13.2 Å². The van der Waals surface area contributed by atoms with Crippen LogP contribution in [-0.2, 0) is 4.74 Å². The SMILES string of the molecule is C=CCNC(N)=NCC(c1ccc(OC)cc1)N1CCOCC1. The van der Waals surface area contributed by atoms with Crippen LogP contribution in [0.1, 0.15) is 11.6 Å². The second-order valence-corrected chi connectivity index (χ2v) is 5.33. The fourth-order valence-electron chi connectivity index (χ4n) is 2.56. The standard InChI is InChI=1S/C17H26N4O2/c1-3-8-19-17(18)20-13-16(21-9-11-23-12-10-21)14-4-6-15(22-2)7-5-14/h3-7,16H,1,8-13H2,2H3,(H3,18,19,20). The molecule has 2 rings (SSSR count). The molecule has 1 heterocycles. The van der Waals surface area contributed by atoms with E-state index in [-0.39, 0.29) is 6.04 Å². The molecule has 0 radical (unpaired) electrons. The highest BCUT2D eigenvalue weighted by molar-refractivity contribution is 5.77. The summed E-state index contributed by atoms with van der Waals surface area (Å²) in [5.74, 6) is 1.29. The van der Waals surface area contributed by atoms with Gasteiger partial charge in [0.05, 0.1) is 32.9 Å². The lowest BCUT2D eigenvalue weighted by Crippen LogP contribution is -2.41. The van der Waals surface area contributed by atoms with Gasteiger partial charge in [-0.25, -0.2) is 0 Å². The van der Waals surface area contributed by atoms with Crippen molar-refractivity contribution < 1.29 is 9.47 Å². The van der Waals surface area contributed by atoms with E-state index in [0.29, 0.717) is 19.0 Å². The van der Waals surface area contributed by atoms with Crippen LogP contribution in [0.5, 0.6) is 5.75 Å². The summed E-state index contributed by atoms with van der Waals surface area (Å²) in [6, 6.07) is 8.30. The number of methoxy groups -OCH3 is 1. The first kappa shape index (κ1) is 17.3. The number of ether oxygens (including phenoxy) is 2. The fourth-order valence-corrected chi connectivity index (χ4v) is 2.56. The lowest BCUT2D eigenvalue weighted by molar-refractivity contribution is 0.0180. The maximum atomic E-state index is 5.89. The number of hydrogen-bond donors (Lipinski definition) is 2. The number of hydrogen-bond acceptors (Lipinski definition) is 4. The van der Waals surface area contributed by atoms with Gasteiger partial charge in [-0.15, -0.1) is 6.58 Å². The van der Waals surface area contributed by atoms with Crippen molar-refractivity contribution in [2.75, 3.05) is 46.5 Å². The van der Waals surface area contributed by atoms with Crippen molar-refractivity contribution in [1.82, 2.24) is 10.2 Å². The van der Waals surface area contributed by atoms with Gasteiger partial charge in [-0.05, 0) is 17.7 Å². The van der Waals surface area contributed by atoms with Gasteiger partial charge in [-0.2, -0.15) is 0 Å². The van der Waals surface area contributed by atoms with Gasteiger partial charge in [0.25, 0.3) is 0 Å². The topological polar surface area (TPSA) is 72.1 Å². The van der Waals surface area contributed by atoms with Crippen molar-refractivity contribution in [2.45, 2.75) is 6.04 Å². The summed E-state index contributed by atoms with van der Waals surface area (Å²) in [7, 11) is 1.67. The van der Waals surface area contributed by atoms with Crippen LogP contribution >= 0.6 is 0 Å². The van der Waals surface area contributed by atoms with Crippen LogP contribution in [-0.4, -0.2) is 57.4 Å². The summed E-state index contributed by atoms with van der Waals surface area (Å²) >= 11 is 0. The molecule has 0 aliphatic carbocycles. The van der Waals surface area contributed by atoms with Gasteiger partial charge in [0.15, 0.2) is 5.96 Å². The molecule has 126 valence electrons. The average Bonchev–Trinajstić information content (AvgIpc) is 2.61. The highest BCUT2D eigenvalue weighted by atomic mass is 16.5. The number of benzene rings is 1. The molecule has 1 aliphatic heterocycles. The summed E-state index contributed by atoms with van der Waals surface area (Å²) in [5.41, 5.74) is 7.09. The molecular weight excluding hydrogens is 292 g/mol. The van der Waals surface area contributed by atoms with Gasteiger partial charge in [-0.3, -0.25) is 9.89 Å². The molecule has 1 aromatic carbocycles. The maximum absolute atomic E-state index is 5.89. The maximum Gasteiger partial charge on any atom is 0.188 e. The minimum absolute atomic E-state index is 0.175. The van der Waals surface area contributed by atoms with Gasteiger partial charge in [0.2, 0.25) is 0 Å². The zero-order chi connectivity index (χ0) is 16.5. The van der Waals surface area contributed by atoms with Crippen LogP contribution < -0.4 is 15.8 Å². The molecule has 1 atom stereocenters. The molecule has 0 bridgehead atoms. The van der Waals surface area contributed by atoms with Gasteiger partial charge in [0.1, 0.15) is 5.75 Å². The number of rotatable bonds is 7. The lowest BCUT2D eigenvalue weighted by Gasteiger charge is -2.34. The third-order valence-corrected chi connectivity index (χ3v) is 3.85. The molecule has 0 saturated carbocycles. The van der Waals surface area contributed by atoms with Gasteiger partial charge in [0, 0.05) is 19.6 Å². The Morgan fingerprint density at radius 2 is 2.13 bits per heavy atom. The molecule has 1 aliphatic rings. The average molecular weight is 318 g/mol. The first-order valence-electron chi connectivity index (χ1n) is 7.85. The Morgan fingerprint density at radius 1 is 1.43 bits per heavy atom. The van der Waals surface area contributed by atoms with Crippen LogP contribution in [0.4, 0.5) is 0 Å². The van der Waals surface area contributed by atoms with Crippen LogP contribution in [0.25, 0.3) is 0 Å². The number of nitrogens with zero attached hydrogens (tertiary/aromatic N) is 2. The van der Waals surface area contributed by atoms with Gasteiger partial charge >= 0.3 is 0 Å². The molecule has 6 nitrogen and oxygen atoms in total. The molecule has 0 amide bonds. The third-order valence-electron chi connectivity index (χ3n) is 3.85. The smallest absolute Gasteiger partial charge is 0.188 e. The largest absolute Gasteiger partial charge is 0.497 e. The van der Waals surface area contributed by atoms with E-state index >= 15 is 0 Å². The molecule has 6 heteroatoms. The minimum Gasteiger partial charge on any atom is -0.497 e. The van der Waals surface area contributed by atoms with Crippen molar-refractivity contribution >= 4 is 5.96 Å². The Hall–Kier alpha value is -2.05. The van der Waals surface area contributed by atoms with E-state index in [4.69, 9.17) is 15.2 Å².